The highest BCUT2D eigenvalue weighted by Gasteiger charge is 2.45. The molecule has 0 amide bonds. The van der Waals surface area contributed by atoms with Gasteiger partial charge in [0.25, 0.3) is 0 Å². The third kappa shape index (κ3) is 2.08. The lowest BCUT2D eigenvalue weighted by Crippen LogP contribution is -2.47. The minimum atomic E-state index is -0.160. The molecule has 4 nitrogen and oxygen atoms in total. The van der Waals surface area contributed by atoms with Crippen molar-refractivity contribution in [3.05, 3.63) is 17.4 Å². The van der Waals surface area contributed by atoms with Gasteiger partial charge in [-0.2, -0.15) is 0 Å². The molecule has 1 saturated carbocycles. The van der Waals surface area contributed by atoms with Crippen molar-refractivity contribution in [2.45, 2.75) is 38.2 Å². The van der Waals surface area contributed by atoms with E-state index in [-0.39, 0.29) is 11.5 Å². The Balaban J connectivity index is 1.80. The van der Waals surface area contributed by atoms with Gasteiger partial charge in [-0.3, -0.25) is 0 Å². The molecular weight excluding hydrogens is 250 g/mol. The molecule has 3 rings (SSSR count). The second-order valence-electron chi connectivity index (χ2n) is 5.50. The quantitative estimate of drug-likeness (QED) is 0.848. The van der Waals surface area contributed by atoms with Gasteiger partial charge in [-0.15, -0.1) is 0 Å². The Morgan fingerprint density at radius 1 is 1.28 bits per heavy atom. The van der Waals surface area contributed by atoms with E-state index in [1.807, 2.05) is 0 Å². The molecule has 98 valence electrons. The van der Waals surface area contributed by atoms with Crippen LogP contribution in [0.25, 0.3) is 0 Å². The molecule has 0 bridgehead atoms. The van der Waals surface area contributed by atoms with Crippen molar-refractivity contribution in [2.75, 3.05) is 18.0 Å². The van der Waals surface area contributed by atoms with Gasteiger partial charge in [-0.05, 0) is 25.7 Å². The van der Waals surface area contributed by atoms with Gasteiger partial charge in [0.05, 0.1) is 23.5 Å². The molecule has 1 spiro atoms. The van der Waals surface area contributed by atoms with Gasteiger partial charge in [-0.1, -0.05) is 18.0 Å². The van der Waals surface area contributed by atoms with E-state index in [1.165, 1.54) is 0 Å². The zero-order chi connectivity index (χ0) is 12.6. The number of aliphatic hydroxyl groups excluding tert-OH is 1. The summed E-state index contributed by atoms with van der Waals surface area (Å²) in [5, 5.41) is 10.8. The van der Waals surface area contributed by atoms with E-state index < -0.39 is 0 Å². The maximum absolute atomic E-state index is 10.2. The van der Waals surface area contributed by atoms with E-state index in [9.17, 15) is 5.11 Å². The lowest BCUT2D eigenvalue weighted by Gasteiger charge is -2.42. The van der Waals surface area contributed by atoms with Crippen LogP contribution in [-0.4, -0.2) is 34.3 Å². The molecule has 1 aromatic rings. The van der Waals surface area contributed by atoms with Crippen molar-refractivity contribution in [1.29, 1.82) is 0 Å². The van der Waals surface area contributed by atoms with Crippen LogP contribution in [0.15, 0.2) is 12.4 Å². The van der Waals surface area contributed by atoms with E-state index in [0.717, 1.165) is 51.1 Å². The zero-order valence-electron chi connectivity index (χ0n) is 10.3. The highest BCUT2D eigenvalue weighted by Crippen LogP contribution is 2.45. The summed E-state index contributed by atoms with van der Waals surface area (Å²) in [6, 6.07) is 0. The second-order valence-corrected chi connectivity index (χ2v) is 5.93. The van der Waals surface area contributed by atoms with E-state index in [1.54, 1.807) is 12.4 Å². The molecule has 2 atom stereocenters. The van der Waals surface area contributed by atoms with Crippen molar-refractivity contribution in [3.63, 3.8) is 0 Å². The summed E-state index contributed by atoms with van der Waals surface area (Å²) in [5.41, 5.74) is 0.0707. The van der Waals surface area contributed by atoms with E-state index in [2.05, 4.69) is 14.9 Å². The minimum absolute atomic E-state index is 0.0707. The number of aromatic nitrogens is 2. The van der Waals surface area contributed by atoms with Gasteiger partial charge in [-0.25, -0.2) is 9.97 Å². The predicted molar refractivity (Wildman–Crippen MR) is 70.8 cm³/mol. The van der Waals surface area contributed by atoms with Crippen LogP contribution in [0.3, 0.4) is 0 Å². The fourth-order valence-corrected chi connectivity index (χ4v) is 3.49. The molecule has 0 unspecified atom stereocenters. The maximum atomic E-state index is 10.2. The van der Waals surface area contributed by atoms with Gasteiger partial charge < -0.3 is 10.0 Å². The van der Waals surface area contributed by atoms with Crippen LogP contribution in [0.2, 0.25) is 5.02 Å². The number of aliphatic hydroxyl groups is 1. The Bertz CT molecular complexity index is 425. The molecule has 1 aliphatic carbocycles. The van der Waals surface area contributed by atoms with Gasteiger partial charge in [0.2, 0.25) is 5.95 Å². The Morgan fingerprint density at radius 3 is 2.67 bits per heavy atom. The second kappa shape index (κ2) is 4.67. The first-order valence-corrected chi connectivity index (χ1v) is 6.98. The number of nitrogens with zero attached hydrogens (tertiary/aromatic N) is 3. The largest absolute Gasteiger partial charge is 0.392 e. The smallest absolute Gasteiger partial charge is 0.225 e. The van der Waals surface area contributed by atoms with Crippen LogP contribution >= 0.6 is 11.6 Å². The Kier molecular flexibility index (Phi) is 3.16. The first-order chi connectivity index (χ1) is 8.70. The fraction of sp³-hybridized carbons (Fsp3) is 0.692. The lowest BCUT2D eigenvalue weighted by molar-refractivity contribution is 0.0406. The standard InChI is InChI=1S/C13H18ClN3O/c14-10-7-15-12(16-8-10)17-6-2-5-13(9-17)4-1-3-11(13)18/h7-8,11,18H,1-6,9H2/t11-,13+/m1/s1. The van der Waals surface area contributed by atoms with Crippen LogP contribution in [0, 0.1) is 5.41 Å². The number of halogens is 1. The van der Waals surface area contributed by atoms with Gasteiger partial charge in [0.1, 0.15) is 0 Å². The Labute approximate surface area is 112 Å². The topological polar surface area (TPSA) is 49.2 Å². The maximum Gasteiger partial charge on any atom is 0.225 e. The molecule has 1 saturated heterocycles. The van der Waals surface area contributed by atoms with Crippen LogP contribution in [0.5, 0.6) is 0 Å². The third-order valence-corrected chi connectivity index (χ3v) is 4.55. The van der Waals surface area contributed by atoms with Gasteiger partial charge in [0.15, 0.2) is 0 Å². The molecule has 18 heavy (non-hydrogen) atoms. The van der Waals surface area contributed by atoms with Crippen LogP contribution in [0.1, 0.15) is 32.1 Å². The first kappa shape index (κ1) is 12.2. The van der Waals surface area contributed by atoms with Crippen molar-refractivity contribution in [1.82, 2.24) is 9.97 Å². The van der Waals surface area contributed by atoms with Crippen LogP contribution < -0.4 is 4.90 Å². The molecule has 2 aliphatic rings. The van der Waals surface area contributed by atoms with Crippen LogP contribution in [0.4, 0.5) is 5.95 Å². The fourth-order valence-electron chi connectivity index (χ4n) is 3.40. The molecule has 0 radical (unpaired) electrons. The molecule has 2 heterocycles. The summed E-state index contributed by atoms with van der Waals surface area (Å²) in [5.74, 6) is 0.734. The molecule has 1 aromatic heterocycles. The molecule has 1 N–H and O–H groups in total. The SMILES string of the molecule is O[C@@H]1CCC[C@@]12CCCN(c1ncc(Cl)cn1)C2. The highest BCUT2D eigenvalue weighted by atomic mass is 35.5. The summed E-state index contributed by atoms with van der Waals surface area (Å²) >= 11 is 5.81. The Morgan fingerprint density at radius 2 is 2.00 bits per heavy atom. The summed E-state index contributed by atoms with van der Waals surface area (Å²) in [6.45, 7) is 1.84. The summed E-state index contributed by atoms with van der Waals surface area (Å²) in [7, 11) is 0. The number of hydrogen-bond acceptors (Lipinski definition) is 4. The molecular formula is C13H18ClN3O. The van der Waals surface area contributed by atoms with E-state index in [4.69, 9.17) is 11.6 Å². The number of piperidine rings is 1. The molecule has 2 fully saturated rings. The normalized spacial score (nSPS) is 32.1. The third-order valence-electron chi connectivity index (χ3n) is 4.36. The van der Waals surface area contributed by atoms with Crippen molar-refractivity contribution in [3.8, 4) is 0 Å². The van der Waals surface area contributed by atoms with Crippen molar-refractivity contribution >= 4 is 17.5 Å². The summed E-state index contributed by atoms with van der Waals surface area (Å²) in [4.78, 5) is 10.8. The van der Waals surface area contributed by atoms with Crippen molar-refractivity contribution in [2.24, 2.45) is 5.41 Å². The number of anilines is 1. The lowest BCUT2D eigenvalue weighted by atomic mass is 9.77. The monoisotopic (exact) mass is 267 g/mol. The molecule has 0 aromatic carbocycles. The highest BCUT2D eigenvalue weighted by molar-refractivity contribution is 6.30. The zero-order valence-corrected chi connectivity index (χ0v) is 11.1. The molecule has 5 heteroatoms. The summed E-state index contributed by atoms with van der Waals surface area (Å²) in [6.07, 6.45) is 8.53. The Hall–Kier alpha value is -0.870. The first-order valence-electron chi connectivity index (χ1n) is 6.60. The average molecular weight is 268 g/mol. The van der Waals surface area contributed by atoms with Crippen molar-refractivity contribution < 1.29 is 5.11 Å². The predicted octanol–water partition coefficient (Wildman–Crippen LogP) is 2.26. The minimum Gasteiger partial charge on any atom is -0.392 e. The average Bonchev–Trinajstić information content (AvgIpc) is 2.72. The van der Waals surface area contributed by atoms with E-state index in [0.29, 0.717) is 5.02 Å². The summed E-state index contributed by atoms with van der Waals surface area (Å²) < 4.78 is 0. The van der Waals surface area contributed by atoms with E-state index >= 15 is 0 Å². The number of hydrogen-bond donors (Lipinski definition) is 1. The van der Waals surface area contributed by atoms with Gasteiger partial charge >= 0.3 is 0 Å². The molecule has 1 aliphatic heterocycles. The van der Waals surface area contributed by atoms with Crippen LogP contribution in [-0.2, 0) is 0 Å². The number of rotatable bonds is 1. The van der Waals surface area contributed by atoms with Gasteiger partial charge in [0, 0.05) is 18.5 Å².